The second kappa shape index (κ2) is 7.69. The number of aryl methyl sites for hydroxylation is 1. The van der Waals surface area contributed by atoms with Crippen molar-refractivity contribution in [2.75, 3.05) is 27.4 Å². The van der Waals surface area contributed by atoms with Gasteiger partial charge in [-0.3, -0.25) is 4.90 Å². The summed E-state index contributed by atoms with van der Waals surface area (Å²) in [5, 5.41) is 9.55. The van der Waals surface area contributed by atoms with Crippen molar-refractivity contribution in [3.63, 3.8) is 0 Å². The Morgan fingerprint density at radius 3 is 2.67 bits per heavy atom. The Hall–Kier alpha value is -2.04. The second-order valence-electron chi connectivity index (χ2n) is 6.10. The van der Waals surface area contributed by atoms with Gasteiger partial charge in [0.25, 0.3) is 0 Å². The molecule has 0 heterocycles. The molecule has 2 aromatic rings. The van der Waals surface area contributed by atoms with E-state index in [0.29, 0.717) is 12.6 Å². The summed E-state index contributed by atoms with van der Waals surface area (Å²) in [5.74, 6) is 1.51. The lowest BCUT2D eigenvalue weighted by molar-refractivity contribution is 0.141. The number of para-hydroxylation sites is 1. The van der Waals surface area contributed by atoms with Crippen molar-refractivity contribution < 1.29 is 14.6 Å². The van der Waals surface area contributed by atoms with Gasteiger partial charge in [0.2, 0.25) is 0 Å². The van der Waals surface area contributed by atoms with Crippen LogP contribution in [0.5, 0.6) is 11.5 Å². The third kappa shape index (κ3) is 3.25. The van der Waals surface area contributed by atoms with Gasteiger partial charge in [0, 0.05) is 24.7 Å². The second-order valence-corrected chi connectivity index (χ2v) is 6.10. The number of nitrogens with zero attached hydrogens (tertiary/aromatic N) is 1. The maximum absolute atomic E-state index is 9.55. The van der Waals surface area contributed by atoms with Gasteiger partial charge in [-0.05, 0) is 30.0 Å². The summed E-state index contributed by atoms with van der Waals surface area (Å²) < 4.78 is 11.0. The average Bonchev–Trinajstić information content (AvgIpc) is 3.05. The number of hydrogen-bond donors (Lipinski definition) is 1. The SMILES string of the molecule is COc1cccc(CN(CCO)C2CCc3ccccc32)c1OC. The lowest BCUT2D eigenvalue weighted by atomic mass is 10.1. The van der Waals surface area contributed by atoms with Gasteiger partial charge in [0.05, 0.1) is 20.8 Å². The maximum atomic E-state index is 9.55. The van der Waals surface area contributed by atoms with Crippen LogP contribution in [-0.4, -0.2) is 37.4 Å². The Morgan fingerprint density at radius 2 is 1.92 bits per heavy atom. The molecule has 4 heteroatoms. The summed E-state index contributed by atoms with van der Waals surface area (Å²) >= 11 is 0. The number of benzene rings is 2. The van der Waals surface area contributed by atoms with Crippen LogP contribution in [-0.2, 0) is 13.0 Å². The molecule has 2 aromatic carbocycles. The van der Waals surface area contributed by atoms with E-state index in [0.717, 1.165) is 36.4 Å². The van der Waals surface area contributed by atoms with Gasteiger partial charge in [0.15, 0.2) is 11.5 Å². The fraction of sp³-hybridized carbons (Fsp3) is 0.400. The average molecular weight is 327 g/mol. The number of aliphatic hydroxyl groups excluding tert-OH is 1. The molecule has 0 radical (unpaired) electrons. The summed E-state index contributed by atoms with van der Waals surface area (Å²) in [6.07, 6.45) is 2.18. The molecule has 0 spiro atoms. The Bertz CT molecular complexity index is 686. The van der Waals surface area contributed by atoms with Gasteiger partial charge in [-0.15, -0.1) is 0 Å². The molecule has 1 N–H and O–H groups in total. The maximum Gasteiger partial charge on any atom is 0.165 e. The number of hydrogen-bond acceptors (Lipinski definition) is 4. The van der Waals surface area contributed by atoms with Crippen LogP contribution in [0.3, 0.4) is 0 Å². The Labute approximate surface area is 143 Å². The predicted molar refractivity (Wildman–Crippen MR) is 94.5 cm³/mol. The zero-order valence-corrected chi connectivity index (χ0v) is 14.4. The number of ether oxygens (including phenoxy) is 2. The van der Waals surface area contributed by atoms with E-state index in [2.05, 4.69) is 35.2 Å². The molecule has 0 aliphatic heterocycles. The topological polar surface area (TPSA) is 41.9 Å². The lowest BCUT2D eigenvalue weighted by Gasteiger charge is -2.30. The van der Waals surface area contributed by atoms with Gasteiger partial charge in [-0.2, -0.15) is 0 Å². The van der Waals surface area contributed by atoms with Gasteiger partial charge < -0.3 is 14.6 Å². The first-order chi connectivity index (χ1) is 11.8. The van der Waals surface area contributed by atoms with E-state index >= 15 is 0 Å². The molecule has 0 aromatic heterocycles. The molecule has 0 amide bonds. The first-order valence-electron chi connectivity index (χ1n) is 8.41. The molecule has 1 unspecified atom stereocenters. The first kappa shape index (κ1) is 16.8. The molecule has 0 fully saturated rings. The van der Waals surface area contributed by atoms with Crippen LogP contribution in [0, 0.1) is 0 Å². The van der Waals surface area contributed by atoms with E-state index in [9.17, 15) is 5.11 Å². The van der Waals surface area contributed by atoms with Gasteiger partial charge in [0.1, 0.15) is 0 Å². The highest BCUT2D eigenvalue weighted by molar-refractivity contribution is 5.46. The molecule has 0 bridgehead atoms. The molecule has 128 valence electrons. The molecule has 1 aliphatic rings. The minimum atomic E-state index is 0.144. The predicted octanol–water partition coefficient (Wildman–Crippen LogP) is 3.19. The lowest BCUT2D eigenvalue weighted by Crippen LogP contribution is -2.30. The Morgan fingerprint density at radius 1 is 1.08 bits per heavy atom. The van der Waals surface area contributed by atoms with E-state index in [1.807, 2.05) is 12.1 Å². The standard InChI is InChI=1S/C20H25NO3/c1-23-19-9-5-7-16(20(19)24-2)14-21(12-13-22)18-11-10-15-6-3-4-8-17(15)18/h3-9,18,22H,10-14H2,1-2H3. The van der Waals surface area contributed by atoms with E-state index in [4.69, 9.17) is 9.47 Å². The van der Waals surface area contributed by atoms with Crippen molar-refractivity contribution in [2.45, 2.75) is 25.4 Å². The number of fused-ring (bicyclic) bond motifs is 1. The number of methoxy groups -OCH3 is 2. The monoisotopic (exact) mass is 327 g/mol. The molecule has 1 aliphatic carbocycles. The van der Waals surface area contributed by atoms with Crippen LogP contribution < -0.4 is 9.47 Å². The van der Waals surface area contributed by atoms with Crippen LogP contribution in [0.2, 0.25) is 0 Å². The van der Waals surface area contributed by atoms with Crippen LogP contribution in [0.1, 0.15) is 29.2 Å². The molecule has 0 saturated carbocycles. The van der Waals surface area contributed by atoms with Crippen molar-refractivity contribution in [3.8, 4) is 11.5 Å². The smallest absolute Gasteiger partial charge is 0.165 e. The fourth-order valence-corrected chi connectivity index (χ4v) is 3.68. The molecule has 0 saturated heterocycles. The van der Waals surface area contributed by atoms with E-state index in [1.54, 1.807) is 14.2 Å². The molecule has 24 heavy (non-hydrogen) atoms. The summed E-state index contributed by atoms with van der Waals surface area (Å²) in [6, 6.07) is 14.9. The van der Waals surface area contributed by atoms with Crippen LogP contribution >= 0.6 is 0 Å². The third-order valence-corrected chi connectivity index (χ3v) is 4.79. The van der Waals surface area contributed by atoms with Gasteiger partial charge in [-0.1, -0.05) is 36.4 Å². The van der Waals surface area contributed by atoms with Crippen molar-refractivity contribution in [1.29, 1.82) is 0 Å². The normalized spacial score (nSPS) is 16.2. The molecule has 1 atom stereocenters. The van der Waals surface area contributed by atoms with E-state index < -0.39 is 0 Å². The third-order valence-electron chi connectivity index (χ3n) is 4.79. The summed E-state index contributed by atoms with van der Waals surface area (Å²) in [7, 11) is 3.32. The van der Waals surface area contributed by atoms with Crippen molar-refractivity contribution in [2.24, 2.45) is 0 Å². The van der Waals surface area contributed by atoms with E-state index in [-0.39, 0.29) is 6.61 Å². The highest BCUT2D eigenvalue weighted by Gasteiger charge is 2.28. The van der Waals surface area contributed by atoms with Crippen LogP contribution in [0.4, 0.5) is 0 Å². The summed E-state index contributed by atoms with van der Waals surface area (Å²) in [6.45, 7) is 1.50. The van der Waals surface area contributed by atoms with E-state index in [1.165, 1.54) is 11.1 Å². The van der Waals surface area contributed by atoms with Gasteiger partial charge >= 0.3 is 0 Å². The molecule has 3 rings (SSSR count). The van der Waals surface area contributed by atoms with Crippen LogP contribution in [0.15, 0.2) is 42.5 Å². The minimum absolute atomic E-state index is 0.144. The molecular formula is C20H25NO3. The quantitative estimate of drug-likeness (QED) is 0.848. The first-order valence-corrected chi connectivity index (χ1v) is 8.41. The Balaban J connectivity index is 1.88. The van der Waals surface area contributed by atoms with Crippen molar-refractivity contribution in [3.05, 3.63) is 59.2 Å². The molecular weight excluding hydrogens is 302 g/mol. The zero-order valence-electron chi connectivity index (χ0n) is 14.4. The fourth-order valence-electron chi connectivity index (χ4n) is 3.68. The number of rotatable bonds is 7. The summed E-state index contributed by atoms with van der Waals surface area (Å²) in [4.78, 5) is 2.34. The summed E-state index contributed by atoms with van der Waals surface area (Å²) in [5.41, 5.74) is 3.88. The largest absolute Gasteiger partial charge is 0.493 e. The zero-order chi connectivity index (χ0) is 16.9. The highest BCUT2D eigenvalue weighted by Crippen LogP contribution is 2.38. The minimum Gasteiger partial charge on any atom is -0.493 e. The highest BCUT2D eigenvalue weighted by atomic mass is 16.5. The Kier molecular flexibility index (Phi) is 5.38. The van der Waals surface area contributed by atoms with Gasteiger partial charge in [-0.25, -0.2) is 0 Å². The number of aliphatic hydroxyl groups is 1. The van der Waals surface area contributed by atoms with Crippen LogP contribution in [0.25, 0.3) is 0 Å². The van der Waals surface area contributed by atoms with Crippen molar-refractivity contribution in [1.82, 2.24) is 4.90 Å². The van der Waals surface area contributed by atoms with Crippen molar-refractivity contribution >= 4 is 0 Å². The molecule has 4 nitrogen and oxygen atoms in total.